The number of carbonyl (C=O) groups excluding carboxylic acids is 1. The van der Waals surface area contributed by atoms with Crippen molar-refractivity contribution >= 4 is 39.8 Å². The van der Waals surface area contributed by atoms with E-state index in [0.29, 0.717) is 17.1 Å². The molecule has 5 aromatic rings. The van der Waals surface area contributed by atoms with Crippen LogP contribution in [0.15, 0.2) is 61.2 Å². The van der Waals surface area contributed by atoms with Gasteiger partial charge in [-0.2, -0.15) is 10.1 Å². The summed E-state index contributed by atoms with van der Waals surface area (Å²) >= 11 is 0. The molecule has 10 nitrogen and oxygen atoms in total. The molecule has 1 aliphatic rings. The fraction of sp³-hybridized carbons (Fsp3) is 0.259. The number of H-pyrrole nitrogens is 1. The molecule has 39 heavy (non-hydrogen) atoms. The molecule has 0 spiro atoms. The van der Waals surface area contributed by atoms with Crippen LogP contribution >= 0.6 is 0 Å². The summed E-state index contributed by atoms with van der Waals surface area (Å²) in [5.41, 5.74) is 5.10. The fourth-order valence-electron chi connectivity index (χ4n) is 4.77. The number of halogens is 2. The number of pyridine rings is 1. The zero-order valence-corrected chi connectivity index (χ0v) is 21.2. The van der Waals surface area contributed by atoms with E-state index < -0.39 is 18.9 Å². The lowest BCUT2D eigenvalue weighted by Crippen LogP contribution is -2.44. The van der Waals surface area contributed by atoms with E-state index in [1.54, 1.807) is 18.5 Å². The van der Waals surface area contributed by atoms with E-state index in [9.17, 15) is 13.6 Å². The zero-order chi connectivity index (χ0) is 26.9. The Morgan fingerprint density at radius 1 is 1.13 bits per heavy atom. The van der Waals surface area contributed by atoms with Gasteiger partial charge >= 0.3 is 0 Å². The molecule has 3 N–H and O–H groups in total. The number of hydrogen-bond donors (Lipinski definition) is 3. The second kappa shape index (κ2) is 10.3. The standard InChI is InChI=1S/C27H27F2N9O/c1-36-7-9-37(10-8-36)19-4-2-3-18(12-19)34-27-32-14-21-20(13-30-25(21)35-27)17-5-6-38-23(11-17)22(15-33-38)26(39)31-16-24(28)29/h2-6,11-15,24H,7-10,16H2,1H3,(H,31,39)(H2,30,32,34,35). The lowest BCUT2D eigenvalue weighted by Gasteiger charge is -2.34. The molecule has 1 amide bonds. The molecule has 1 aliphatic heterocycles. The fourth-order valence-corrected chi connectivity index (χ4v) is 4.77. The van der Waals surface area contributed by atoms with Crippen molar-refractivity contribution < 1.29 is 13.6 Å². The van der Waals surface area contributed by atoms with Gasteiger partial charge in [-0.05, 0) is 42.9 Å². The first-order chi connectivity index (χ1) is 18.9. The molecule has 5 heterocycles. The molecule has 1 fully saturated rings. The second-order valence-electron chi connectivity index (χ2n) is 9.53. The van der Waals surface area contributed by atoms with Crippen LogP contribution in [0.5, 0.6) is 0 Å². The van der Waals surface area contributed by atoms with E-state index in [2.05, 4.69) is 59.7 Å². The number of carbonyl (C=O) groups is 1. The van der Waals surface area contributed by atoms with Gasteiger partial charge in [-0.3, -0.25) is 4.79 Å². The van der Waals surface area contributed by atoms with Crippen LogP contribution in [0.1, 0.15) is 10.4 Å². The third-order valence-electron chi connectivity index (χ3n) is 6.90. The van der Waals surface area contributed by atoms with Gasteiger partial charge in [0.1, 0.15) is 5.65 Å². The quantitative estimate of drug-likeness (QED) is 0.294. The van der Waals surface area contributed by atoms with Gasteiger partial charge in [-0.25, -0.2) is 18.3 Å². The highest BCUT2D eigenvalue weighted by Crippen LogP contribution is 2.30. The van der Waals surface area contributed by atoms with Crippen LogP contribution in [-0.4, -0.2) is 81.6 Å². The molecule has 0 aliphatic carbocycles. The number of aromatic nitrogens is 5. The third kappa shape index (κ3) is 5.10. The van der Waals surface area contributed by atoms with Crippen molar-refractivity contribution in [3.8, 4) is 11.1 Å². The number of likely N-dealkylation sites (N-methyl/N-ethyl adjacent to an activating group) is 1. The summed E-state index contributed by atoms with van der Waals surface area (Å²) in [7, 11) is 2.14. The number of piperazine rings is 1. The van der Waals surface area contributed by atoms with Crippen LogP contribution in [0.2, 0.25) is 0 Å². The number of nitrogens with zero attached hydrogens (tertiary/aromatic N) is 6. The Balaban J connectivity index is 1.24. The van der Waals surface area contributed by atoms with E-state index in [1.807, 2.05) is 24.4 Å². The number of fused-ring (bicyclic) bond motifs is 2. The predicted molar refractivity (Wildman–Crippen MR) is 146 cm³/mol. The van der Waals surface area contributed by atoms with Crippen molar-refractivity contribution in [2.24, 2.45) is 0 Å². The van der Waals surface area contributed by atoms with Gasteiger partial charge in [0, 0.05) is 67.1 Å². The van der Waals surface area contributed by atoms with Crippen molar-refractivity contribution in [2.75, 3.05) is 50.0 Å². The molecule has 6 rings (SSSR count). The first kappa shape index (κ1) is 24.7. The molecule has 1 aromatic carbocycles. The van der Waals surface area contributed by atoms with Crippen molar-refractivity contribution in [3.63, 3.8) is 0 Å². The predicted octanol–water partition coefficient (Wildman–Crippen LogP) is 3.76. The summed E-state index contributed by atoms with van der Waals surface area (Å²) in [4.78, 5) is 29.5. The van der Waals surface area contributed by atoms with E-state index in [0.717, 1.165) is 54.1 Å². The lowest BCUT2D eigenvalue weighted by atomic mass is 10.1. The molecule has 0 radical (unpaired) electrons. The van der Waals surface area contributed by atoms with Gasteiger partial charge in [-0.1, -0.05) is 6.07 Å². The summed E-state index contributed by atoms with van der Waals surface area (Å²) in [5, 5.41) is 10.5. The Bertz CT molecular complexity index is 1640. The number of nitrogens with one attached hydrogen (secondary N) is 3. The van der Waals surface area contributed by atoms with E-state index >= 15 is 0 Å². The monoisotopic (exact) mass is 531 g/mol. The maximum atomic E-state index is 12.5. The minimum absolute atomic E-state index is 0.221. The molecule has 4 aromatic heterocycles. The Kier molecular flexibility index (Phi) is 6.53. The maximum Gasteiger partial charge on any atom is 0.255 e. The van der Waals surface area contributed by atoms with Crippen LogP contribution in [0.4, 0.5) is 26.1 Å². The molecule has 0 unspecified atom stereocenters. The largest absolute Gasteiger partial charge is 0.369 e. The smallest absolute Gasteiger partial charge is 0.255 e. The highest BCUT2D eigenvalue weighted by molar-refractivity contribution is 6.02. The molecule has 200 valence electrons. The van der Waals surface area contributed by atoms with Crippen molar-refractivity contribution in [1.82, 2.24) is 34.8 Å². The Labute approximate surface area is 222 Å². The van der Waals surface area contributed by atoms with E-state index in [1.165, 1.54) is 10.7 Å². The third-order valence-corrected chi connectivity index (χ3v) is 6.90. The van der Waals surface area contributed by atoms with Crippen LogP contribution in [-0.2, 0) is 0 Å². The minimum atomic E-state index is -2.63. The first-order valence-corrected chi connectivity index (χ1v) is 12.6. The van der Waals surface area contributed by atoms with Crippen molar-refractivity contribution in [3.05, 3.63) is 66.7 Å². The highest BCUT2D eigenvalue weighted by atomic mass is 19.3. The number of amides is 1. The summed E-state index contributed by atoms with van der Waals surface area (Å²) in [6.45, 7) is 3.33. The Hall–Kier alpha value is -4.58. The average Bonchev–Trinajstić information content (AvgIpc) is 3.56. The number of aromatic amines is 1. The molecule has 0 saturated carbocycles. The van der Waals surface area contributed by atoms with E-state index in [-0.39, 0.29) is 5.56 Å². The van der Waals surface area contributed by atoms with Gasteiger partial charge in [-0.15, -0.1) is 0 Å². The Morgan fingerprint density at radius 3 is 2.79 bits per heavy atom. The number of benzene rings is 1. The maximum absolute atomic E-state index is 12.5. The molecule has 0 bridgehead atoms. The van der Waals surface area contributed by atoms with Gasteiger partial charge < -0.3 is 25.4 Å². The number of anilines is 3. The van der Waals surface area contributed by atoms with Crippen molar-refractivity contribution in [1.29, 1.82) is 0 Å². The average molecular weight is 532 g/mol. The zero-order valence-electron chi connectivity index (χ0n) is 21.2. The van der Waals surface area contributed by atoms with Gasteiger partial charge in [0.15, 0.2) is 0 Å². The molecule has 0 atom stereocenters. The van der Waals surface area contributed by atoms with Gasteiger partial charge in [0.05, 0.1) is 23.8 Å². The normalized spacial score (nSPS) is 14.4. The van der Waals surface area contributed by atoms with Crippen LogP contribution < -0.4 is 15.5 Å². The van der Waals surface area contributed by atoms with Crippen LogP contribution in [0, 0.1) is 0 Å². The highest BCUT2D eigenvalue weighted by Gasteiger charge is 2.17. The first-order valence-electron chi connectivity index (χ1n) is 12.6. The molecular formula is C27H27F2N9O. The minimum Gasteiger partial charge on any atom is -0.369 e. The second-order valence-corrected chi connectivity index (χ2v) is 9.53. The summed E-state index contributed by atoms with van der Waals surface area (Å²) < 4.78 is 26.6. The number of alkyl halides is 2. The van der Waals surface area contributed by atoms with Gasteiger partial charge in [0.2, 0.25) is 5.95 Å². The lowest BCUT2D eigenvalue weighted by molar-refractivity contribution is 0.0893. The van der Waals surface area contributed by atoms with Gasteiger partial charge in [0.25, 0.3) is 12.3 Å². The van der Waals surface area contributed by atoms with Crippen molar-refractivity contribution in [2.45, 2.75) is 6.43 Å². The molecular weight excluding hydrogens is 504 g/mol. The van der Waals surface area contributed by atoms with E-state index in [4.69, 9.17) is 0 Å². The Morgan fingerprint density at radius 2 is 1.97 bits per heavy atom. The summed E-state index contributed by atoms with van der Waals surface area (Å²) in [6, 6.07) is 11.9. The van der Waals surface area contributed by atoms with Crippen LogP contribution in [0.3, 0.4) is 0 Å². The van der Waals surface area contributed by atoms with Crippen LogP contribution in [0.25, 0.3) is 27.7 Å². The molecule has 12 heteroatoms. The number of rotatable bonds is 7. The molecule has 1 saturated heterocycles. The topological polar surface area (TPSA) is 106 Å². The summed E-state index contributed by atoms with van der Waals surface area (Å²) in [5.74, 6) is -0.132. The summed E-state index contributed by atoms with van der Waals surface area (Å²) in [6.07, 6.45) is 4.04. The number of hydrogen-bond acceptors (Lipinski definition) is 7. The SMILES string of the molecule is CN1CCN(c2cccc(Nc3ncc4c(-c5ccn6ncc(C(=O)NCC(F)F)c6c5)c[nH]c4n3)c2)CC1.